The van der Waals surface area contributed by atoms with Gasteiger partial charge in [0.15, 0.2) is 18.0 Å². The lowest BCUT2D eigenvalue weighted by molar-refractivity contribution is -0.157. The van der Waals surface area contributed by atoms with Crippen LogP contribution in [0.3, 0.4) is 0 Å². The number of esters is 1. The zero-order valence-corrected chi connectivity index (χ0v) is 17.0. The predicted octanol–water partition coefficient (Wildman–Crippen LogP) is 3.97. The highest BCUT2D eigenvalue weighted by Gasteiger charge is 2.54. The number of nitrogens with zero attached hydrogens (tertiary/aromatic N) is 1. The van der Waals surface area contributed by atoms with Crippen molar-refractivity contribution < 1.29 is 18.7 Å². The first-order chi connectivity index (χ1) is 13.9. The second-order valence-electron chi connectivity index (χ2n) is 9.16. The number of carbonyl (C=O) groups excluding carboxylic acids is 2. The number of carbonyl (C=O) groups is 2. The first-order valence-electron chi connectivity index (χ1n) is 10.4. The van der Waals surface area contributed by atoms with Crippen LogP contribution in [0.15, 0.2) is 27.4 Å². The maximum Gasteiger partial charge on any atom is 0.419 e. The number of aromatic nitrogens is 1. The molecule has 0 radical (unpaired) electrons. The standard InChI is InChI=1S/C22H24ClNO5/c23-16-1-2-17-18(8-16)29-21(27)24(17)4-3-20(26)28-12-19(25)22-9-13-5-14(10-22)7-15(6-13)11-22/h1-2,8,13-15H,3-7,9-12H2. The molecule has 4 saturated carbocycles. The highest BCUT2D eigenvalue weighted by molar-refractivity contribution is 6.31. The normalized spacial score (nSPS) is 30.0. The third-order valence-corrected chi connectivity index (χ3v) is 7.40. The maximum atomic E-state index is 12.9. The van der Waals surface area contributed by atoms with Crippen molar-refractivity contribution in [3.8, 4) is 0 Å². The first-order valence-corrected chi connectivity index (χ1v) is 10.8. The van der Waals surface area contributed by atoms with Gasteiger partial charge < -0.3 is 9.15 Å². The van der Waals surface area contributed by atoms with Crippen LogP contribution >= 0.6 is 11.6 Å². The van der Waals surface area contributed by atoms with Gasteiger partial charge in [0, 0.05) is 23.0 Å². The number of aryl methyl sites for hydroxylation is 1. The first kappa shape index (κ1) is 18.9. The molecule has 0 unspecified atom stereocenters. The Labute approximate surface area is 173 Å². The van der Waals surface area contributed by atoms with Crippen molar-refractivity contribution in [2.45, 2.75) is 51.5 Å². The Morgan fingerprint density at radius 3 is 2.45 bits per heavy atom. The Morgan fingerprint density at radius 2 is 1.79 bits per heavy atom. The fraction of sp³-hybridized carbons (Fsp3) is 0.591. The van der Waals surface area contributed by atoms with Crippen LogP contribution in [-0.2, 0) is 20.9 Å². The SMILES string of the molecule is O=C(CCn1c(=O)oc2cc(Cl)ccc21)OCC(=O)C12CC3CC(CC(C3)C1)C2. The summed E-state index contributed by atoms with van der Waals surface area (Å²) in [4.78, 5) is 37.2. The number of hydrogen-bond acceptors (Lipinski definition) is 5. The Bertz CT molecular complexity index is 1000. The van der Waals surface area contributed by atoms with E-state index in [0.29, 0.717) is 33.9 Å². The molecule has 4 fully saturated rings. The second kappa shape index (κ2) is 7.01. The van der Waals surface area contributed by atoms with Crippen LogP contribution in [0, 0.1) is 23.2 Å². The number of hydrogen-bond donors (Lipinski definition) is 0. The fourth-order valence-corrected chi connectivity index (χ4v) is 6.44. The van der Waals surface area contributed by atoms with Gasteiger partial charge in [-0.3, -0.25) is 14.2 Å². The topological polar surface area (TPSA) is 78.5 Å². The van der Waals surface area contributed by atoms with Crippen molar-refractivity contribution in [2.75, 3.05) is 6.61 Å². The van der Waals surface area contributed by atoms with Gasteiger partial charge in [-0.05, 0) is 68.4 Å². The van der Waals surface area contributed by atoms with E-state index in [-0.39, 0.29) is 30.8 Å². The molecule has 1 heterocycles. The van der Waals surface area contributed by atoms with Crippen LogP contribution in [0.1, 0.15) is 44.9 Å². The molecule has 154 valence electrons. The van der Waals surface area contributed by atoms with Crippen molar-refractivity contribution >= 4 is 34.5 Å². The minimum absolute atomic E-state index is 0.00528. The molecule has 1 aromatic carbocycles. The summed E-state index contributed by atoms with van der Waals surface area (Å²) in [6.45, 7) is -0.0144. The molecule has 0 atom stereocenters. The van der Waals surface area contributed by atoms with Crippen LogP contribution in [-0.4, -0.2) is 22.9 Å². The van der Waals surface area contributed by atoms with Crippen LogP contribution in [0.2, 0.25) is 5.02 Å². The number of rotatable bonds is 6. The molecule has 4 aliphatic carbocycles. The highest BCUT2D eigenvalue weighted by atomic mass is 35.5. The summed E-state index contributed by atoms with van der Waals surface area (Å²) in [5, 5.41) is 0.473. The molecule has 2 aromatic rings. The quantitative estimate of drug-likeness (QED) is 0.664. The molecule has 7 heteroatoms. The van der Waals surface area contributed by atoms with E-state index in [1.54, 1.807) is 18.2 Å². The highest BCUT2D eigenvalue weighted by Crippen LogP contribution is 2.60. The summed E-state index contributed by atoms with van der Waals surface area (Å²) in [6, 6.07) is 4.92. The molecule has 6 nitrogen and oxygen atoms in total. The van der Waals surface area contributed by atoms with Gasteiger partial charge >= 0.3 is 11.7 Å². The molecule has 0 aliphatic heterocycles. The Morgan fingerprint density at radius 1 is 1.14 bits per heavy atom. The molecule has 4 aliphatic rings. The van der Waals surface area contributed by atoms with E-state index in [2.05, 4.69) is 0 Å². The number of ketones is 1. The third-order valence-electron chi connectivity index (χ3n) is 7.16. The van der Waals surface area contributed by atoms with Gasteiger partial charge in [-0.15, -0.1) is 0 Å². The van der Waals surface area contributed by atoms with E-state index >= 15 is 0 Å². The Hall–Kier alpha value is -2.08. The van der Waals surface area contributed by atoms with Crippen LogP contribution in [0.25, 0.3) is 11.1 Å². The minimum Gasteiger partial charge on any atom is -0.458 e. The second-order valence-corrected chi connectivity index (χ2v) is 9.60. The predicted molar refractivity (Wildman–Crippen MR) is 107 cm³/mol. The molecular weight excluding hydrogens is 394 g/mol. The number of oxazole rings is 1. The average molecular weight is 418 g/mol. The molecule has 0 spiro atoms. The largest absolute Gasteiger partial charge is 0.458 e. The Balaban J connectivity index is 1.19. The average Bonchev–Trinajstić information content (AvgIpc) is 2.97. The number of halogens is 1. The van der Waals surface area contributed by atoms with Crippen LogP contribution in [0.4, 0.5) is 0 Å². The summed E-state index contributed by atoms with van der Waals surface area (Å²) in [6.07, 6.45) is 6.71. The number of ether oxygens (including phenoxy) is 1. The van der Waals surface area contributed by atoms with Gasteiger partial charge in [0.2, 0.25) is 0 Å². The number of benzene rings is 1. The fourth-order valence-electron chi connectivity index (χ4n) is 6.28. The van der Waals surface area contributed by atoms with E-state index in [1.807, 2.05) is 0 Å². The monoisotopic (exact) mass is 417 g/mol. The summed E-state index contributed by atoms with van der Waals surface area (Å²) in [5.74, 6) is 1.10. The number of fused-ring (bicyclic) bond motifs is 1. The van der Waals surface area contributed by atoms with Gasteiger partial charge in [-0.25, -0.2) is 4.79 Å². The van der Waals surface area contributed by atoms with Crippen molar-refractivity contribution in [1.29, 1.82) is 0 Å². The van der Waals surface area contributed by atoms with Crippen molar-refractivity contribution in [3.05, 3.63) is 33.8 Å². The zero-order valence-electron chi connectivity index (χ0n) is 16.2. The van der Waals surface area contributed by atoms with E-state index in [1.165, 1.54) is 23.8 Å². The molecule has 6 rings (SSSR count). The molecule has 0 saturated heterocycles. The van der Waals surface area contributed by atoms with Gasteiger partial charge in [0.25, 0.3) is 0 Å². The summed E-state index contributed by atoms with van der Waals surface area (Å²) >= 11 is 5.91. The minimum atomic E-state index is -0.542. The molecular formula is C22H24ClNO5. The van der Waals surface area contributed by atoms with Crippen molar-refractivity contribution in [1.82, 2.24) is 4.57 Å². The lowest BCUT2D eigenvalue weighted by atomic mass is 9.48. The molecule has 0 N–H and O–H groups in total. The summed E-state index contributed by atoms with van der Waals surface area (Å²) in [7, 11) is 0. The molecule has 1 aromatic heterocycles. The lowest BCUT2D eigenvalue weighted by Crippen LogP contribution is -2.51. The van der Waals surface area contributed by atoms with E-state index in [0.717, 1.165) is 19.3 Å². The van der Waals surface area contributed by atoms with Crippen LogP contribution in [0.5, 0.6) is 0 Å². The van der Waals surface area contributed by atoms with E-state index < -0.39 is 11.7 Å². The van der Waals surface area contributed by atoms with Gasteiger partial charge in [-0.2, -0.15) is 0 Å². The smallest absolute Gasteiger partial charge is 0.419 e. The summed E-state index contributed by atoms with van der Waals surface area (Å²) in [5.41, 5.74) is 0.705. The molecule has 0 amide bonds. The van der Waals surface area contributed by atoms with E-state index in [4.69, 9.17) is 20.8 Å². The van der Waals surface area contributed by atoms with E-state index in [9.17, 15) is 14.4 Å². The lowest BCUT2D eigenvalue weighted by Gasteiger charge is -2.55. The van der Waals surface area contributed by atoms with Crippen LogP contribution < -0.4 is 5.76 Å². The summed E-state index contributed by atoms with van der Waals surface area (Å²) < 4.78 is 11.9. The third kappa shape index (κ3) is 3.41. The molecule has 29 heavy (non-hydrogen) atoms. The van der Waals surface area contributed by atoms with Gasteiger partial charge in [-0.1, -0.05) is 11.6 Å². The molecule has 4 bridgehead atoms. The van der Waals surface area contributed by atoms with Gasteiger partial charge in [0.05, 0.1) is 11.9 Å². The Kier molecular flexibility index (Phi) is 4.57. The van der Waals surface area contributed by atoms with Crippen molar-refractivity contribution in [2.24, 2.45) is 23.2 Å². The van der Waals surface area contributed by atoms with Crippen molar-refractivity contribution in [3.63, 3.8) is 0 Å². The maximum absolute atomic E-state index is 12.9. The van der Waals surface area contributed by atoms with Gasteiger partial charge in [0.1, 0.15) is 0 Å². The zero-order chi connectivity index (χ0) is 20.2. The number of Topliss-reactive ketones (excluding diaryl/α,β-unsaturated/α-hetero) is 1.